The zero-order valence-electron chi connectivity index (χ0n) is 3.52. The van der Waals surface area contributed by atoms with Gasteiger partial charge in [0.15, 0.2) is 0 Å². The monoisotopic (exact) mass is 104 g/mol. The zero-order valence-corrected chi connectivity index (χ0v) is 3.52. The lowest BCUT2D eigenvalue weighted by atomic mass is 10.7. The Hall–Kier alpha value is -1.06. The summed E-state index contributed by atoms with van der Waals surface area (Å²) in [6.07, 6.45) is 0. The second-order valence-electron chi connectivity index (χ2n) is 1.23. The van der Waals surface area contributed by atoms with Crippen LogP contribution in [0.2, 0.25) is 0 Å². The van der Waals surface area contributed by atoms with Crippen molar-refractivity contribution in [3.63, 3.8) is 0 Å². The van der Waals surface area contributed by atoms with Crippen molar-refractivity contribution < 1.29 is 12.4 Å². The summed E-state index contributed by atoms with van der Waals surface area (Å²) < 4.78 is 0. The van der Waals surface area contributed by atoms with Crippen molar-refractivity contribution in [2.24, 2.45) is 0 Å². The third-order valence-electron chi connectivity index (χ3n) is 0.662. The molecular weight excluding hydrogens is 96.0 g/mol. The molecule has 3 amide bonds. The van der Waals surface area contributed by atoms with Gasteiger partial charge in [-0.3, -0.25) is 10.1 Å². The van der Waals surface area contributed by atoms with Crippen LogP contribution in [-0.4, -0.2) is 18.5 Å². The van der Waals surface area contributed by atoms with Crippen molar-refractivity contribution >= 4 is 11.9 Å². The van der Waals surface area contributed by atoms with Crippen LogP contribution in [0.15, 0.2) is 0 Å². The van der Waals surface area contributed by atoms with Gasteiger partial charge in [-0.1, -0.05) is 0 Å². The second kappa shape index (κ2) is 1.22. The van der Waals surface area contributed by atoms with Gasteiger partial charge in [-0.25, -0.2) is 4.79 Å². The molecule has 1 heterocycles. The first kappa shape index (κ1) is 4.11. The summed E-state index contributed by atoms with van der Waals surface area (Å²) in [5.41, 5.74) is 0. The van der Waals surface area contributed by atoms with Crippen molar-refractivity contribution in [1.29, 1.82) is 0 Å². The van der Waals surface area contributed by atoms with Gasteiger partial charge in [0.2, 0.25) is 5.91 Å². The number of carbonyl (C=O) groups is 2. The number of hydrogen-bond acceptors (Lipinski definition) is 2. The maximum Gasteiger partial charge on any atom is 0.321 e. The van der Waals surface area contributed by atoms with Crippen molar-refractivity contribution in [1.82, 2.24) is 10.6 Å². The molecular formula is C3H8N2O2. The van der Waals surface area contributed by atoms with E-state index in [9.17, 15) is 9.59 Å². The predicted octanol–water partition coefficient (Wildman–Crippen LogP) is -0.682. The Morgan fingerprint density at radius 3 is 2.43 bits per heavy atom. The molecule has 1 saturated heterocycles. The van der Waals surface area contributed by atoms with Gasteiger partial charge in [-0.2, -0.15) is 0 Å². The van der Waals surface area contributed by atoms with Crippen molar-refractivity contribution in [3.05, 3.63) is 0 Å². The number of hydrogen-bond donors (Lipinski definition) is 2. The molecule has 0 unspecified atom stereocenters. The molecule has 1 aliphatic rings. The number of urea groups is 1. The Labute approximate surface area is 42.9 Å². The van der Waals surface area contributed by atoms with E-state index in [4.69, 9.17) is 0 Å². The first-order valence-corrected chi connectivity index (χ1v) is 1.87. The highest BCUT2D eigenvalue weighted by atomic mass is 16.2. The molecule has 0 radical (unpaired) electrons. The second-order valence-corrected chi connectivity index (χ2v) is 1.23. The molecule has 2 N–H and O–H groups in total. The predicted molar refractivity (Wildman–Crippen MR) is 25.8 cm³/mol. The fourth-order valence-corrected chi connectivity index (χ4v) is 0.376. The summed E-state index contributed by atoms with van der Waals surface area (Å²) in [4.78, 5) is 20.1. The van der Waals surface area contributed by atoms with Crippen LogP contribution < -0.4 is 10.6 Å². The minimum absolute atomic E-state index is 0. The number of rotatable bonds is 0. The van der Waals surface area contributed by atoms with Gasteiger partial charge in [-0.05, 0) is 0 Å². The molecule has 1 fully saturated rings. The fourth-order valence-electron chi connectivity index (χ4n) is 0.376. The van der Waals surface area contributed by atoms with Crippen LogP contribution in [-0.2, 0) is 4.79 Å². The van der Waals surface area contributed by atoms with Gasteiger partial charge >= 0.3 is 6.03 Å². The van der Waals surface area contributed by atoms with Gasteiger partial charge in [0.1, 0.15) is 0 Å². The van der Waals surface area contributed by atoms with E-state index in [1.165, 1.54) is 0 Å². The largest absolute Gasteiger partial charge is 0.329 e. The topological polar surface area (TPSA) is 58.2 Å². The maximum atomic E-state index is 10.1. The van der Waals surface area contributed by atoms with Gasteiger partial charge in [0.05, 0.1) is 6.54 Å². The third kappa shape index (κ3) is 0.677. The van der Waals surface area contributed by atoms with Crippen LogP contribution in [0.4, 0.5) is 4.79 Å². The Balaban J connectivity index is 0. The van der Waals surface area contributed by atoms with Crippen molar-refractivity contribution in [2.45, 2.75) is 0 Å². The molecule has 0 spiro atoms. The van der Waals surface area contributed by atoms with E-state index in [0.717, 1.165) is 0 Å². The van der Waals surface area contributed by atoms with E-state index in [2.05, 4.69) is 5.32 Å². The first-order valence-electron chi connectivity index (χ1n) is 1.87. The van der Waals surface area contributed by atoms with Crippen LogP contribution >= 0.6 is 0 Å². The molecule has 0 aromatic rings. The third-order valence-corrected chi connectivity index (χ3v) is 0.662. The van der Waals surface area contributed by atoms with Crippen molar-refractivity contribution in [3.8, 4) is 0 Å². The molecule has 1 aliphatic heterocycles. The van der Waals surface area contributed by atoms with Crippen LogP contribution in [0, 0.1) is 0 Å². The fraction of sp³-hybridized carbons (Fsp3) is 0.333. The highest BCUT2D eigenvalue weighted by molar-refractivity contribution is 6.01. The standard InChI is InChI=1S/C3H4N2O2.2H2/c6-2-1-4-3(7)5-2;;/h1H2,(H2,4,5,6,7);2*1H. The smallest absolute Gasteiger partial charge is 0.321 e. The lowest BCUT2D eigenvalue weighted by molar-refractivity contribution is -0.117. The van der Waals surface area contributed by atoms with E-state index in [0.29, 0.717) is 0 Å². The van der Waals surface area contributed by atoms with Crippen LogP contribution in [0.1, 0.15) is 2.85 Å². The minimum atomic E-state index is -0.398. The zero-order chi connectivity index (χ0) is 5.28. The van der Waals surface area contributed by atoms with E-state index in [-0.39, 0.29) is 15.3 Å². The Bertz CT molecular complexity index is 113. The number of carbonyl (C=O) groups excluding carboxylic acids is 2. The lowest BCUT2D eigenvalue weighted by Gasteiger charge is -1.78. The highest BCUT2D eigenvalue weighted by Crippen LogP contribution is 1.73. The molecule has 0 saturated carbocycles. The molecule has 42 valence electrons. The molecule has 0 atom stereocenters. The summed E-state index contributed by atoms with van der Waals surface area (Å²) in [6.45, 7) is 0.124. The quantitative estimate of drug-likeness (QED) is 0.400. The normalized spacial score (nSPS) is 18.9. The van der Waals surface area contributed by atoms with E-state index >= 15 is 0 Å². The Morgan fingerprint density at radius 1 is 1.57 bits per heavy atom. The molecule has 1 rings (SSSR count). The van der Waals surface area contributed by atoms with Gasteiger partial charge in [0, 0.05) is 2.85 Å². The average Bonchev–Trinajstić information content (AvgIpc) is 1.87. The van der Waals surface area contributed by atoms with Gasteiger partial charge in [0.25, 0.3) is 0 Å². The SMILES string of the molecule is O=C1CNC(=O)N1.[HH].[HH]. The first-order chi connectivity index (χ1) is 3.29. The average molecular weight is 104 g/mol. The van der Waals surface area contributed by atoms with E-state index in [1.807, 2.05) is 5.32 Å². The molecule has 7 heavy (non-hydrogen) atoms. The summed E-state index contributed by atoms with van der Waals surface area (Å²) in [5, 5.41) is 4.30. The van der Waals surface area contributed by atoms with E-state index in [1.54, 1.807) is 0 Å². The molecule has 0 bridgehead atoms. The maximum absolute atomic E-state index is 10.1. The summed E-state index contributed by atoms with van der Waals surface area (Å²) in [5.74, 6) is -0.259. The number of imide groups is 1. The Kier molecular flexibility index (Phi) is 0.714. The highest BCUT2D eigenvalue weighted by Gasteiger charge is 2.14. The van der Waals surface area contributed by atoms with E-state index < -0.39 is 6.03 Å². The minimum Gasteiger partial charge on any atom is -0.329 e. The molecule has 0 aromatic carbocycles. The van der Waals surface area contributed by atoms with Gasteiger partial charge < -0.3 is 5.32 Å². The lowest BCUT2D eigenvalue weighted by Crippen LogP contribution is -2.22. The molecule has 4 heteroatoms. The number of nitrogens with one attached hydrogen (secondary N) is 2. The number of amides is 3. The molecule has 4 nitrogen and oxygen atoms in total. The summed E-state index contributed by atoms with van der Waals surface area (Å²) >= 11 is 0. The molecule has 0 aromatic heterocycles. The van der Waals surface area contributed by atoms with Crippen LogP contribution in [0.5, 0.6) is 0 Å². The summed E-state index contributed by atoms with van der Waals surface area (Å²) in [7, 11) is 0. The van der Waals surface area contributed by atoms with Crippen LogP contribution in [0.3, 0.4) is 0 Å². The van der Waals surface area contributed by atoms with Gasteiger partial charge in [-0.15, -0.1) is 0 Å². The Morgan fingerprint density at radius 2 is 2.29 bits per heavy atom. The van der Waals surface area contributed by atoms with Crippen molar-refractivity contribution in [2.75, 3.05) is 6.54 Å². The van der Waals surface area contributed by atoms with Crippen LogP contribution in [0.25, 0.3) is 0 Å². The summed E-state index contributed by atoms with van der Waals surface area (Å²) in [6, 6.07) is -0.398. The molecule has 0 aliphatic carbocycles.